The molecule has 0 unspecified atom stereocenters. The van der Waals surface area contributed by atoms with E-state index < -0.39 is 0 Å². The van der Waals surface area contributed by atoms with Gasteiger partial charge in [0.1, 0.15) is 5.76 Å². The van der Waals surface area contributed by atoms with Crippen LogP contribution < -0.4 is 0 Å². The van der Waals surface area contributed by atoms with Gasteiger partial charge in [0, 0.05) is 5.56 Å². The molecule has 2 nitrogen and oxygen atoms in total. The maximum Gasteiger partial charge on any atom is 0.226 e. The van der Waals surface area contributed by atoms with Gasteiger partial charge in [-0.3, -0.25) is 0 Å². The molecular weight excluding hydrogens is 186 g/mol. The second-order valence-electron chi connectivity index (χ2n) is 3.69. The lowest BCUT2D eigenvalue weighted by atomic mass is 10.1. The van der Waals surface area contributed by atoms with Crippen molar-refractivity contribution in [2.45, 2.75) is 27.2 Å². The van der Waals surface area contributed by atoms with Gasteiger partial charge in [0.15, 0.2) is 0 Å². The van der Waals surface area contributed by atoms with Gasteiger partial charge in [-0.1, -0.05) is 25.1 Å². The summed E-state index contributed by atoms with van der Waals surface area (Å²) in [5.41, 5.74) is 3.33. The summed E-state index contributed by atoms with van der Waals surface area (Å²) in [4.78, 5) is 4.49. The quantitative estimate of drug-likeness (QED) is 0.743. The third-order valence-electron chi connectivity index (χ3n) is 2.60. The van der Waals surface area contributed by atoms with Crippen molar-refractivity contribution >= 4 is 0 Å². The summed E-state index contributed by atoms with van der Waals surface area (Å²) < 4.78 is 5.66. The minimum absolute atomic E-state index is 0.738. The van der Waals surface area contributed by atoms with E-state index in [1.54, 1.807) is 0 Å². The zero-order valence-corrected chi connectivity index (χ0v) is 9.37. The van der Waals surface area contributed by atoms with Crippen LogP contribution in [0.15, 0.2) is 28.7 Å². The second-order valence-corrected chi connectivity index (χ2v) is 3.69. The molecule has 0 radical (unpaired) electrons. The lowest BCUT2D eigenvalue weighted by Gasteiger charge is -1.98. The smallest absolute Gasteiger partial charge is 0.226 e. The molecule has 0 aliphatic heterocycles. The highest BCUT2D eigenvalue weighted by Gasteiger charge is 2.10. The number of rotatable bonds is 2. The largest absolute Gasteiger partial charge is 0.441 e. The molecule has 15 heavy (non-hydrogen) atoms. The molecule has 0 saturated heterocycles. The van der Waals surface area contributed by atoms with Crippen LogP contribution in [0.2, 0.25) is 0 Å². The number of hydrogen-bond acceptors (Lipinski definition) is 2. The fraction of sp³-hybridized carbons (Fsp3) is 0.308. The molecule has 1 aromatic heterocycles. The van der Waals surface area contributed by atoms with E-state index >= 15 is 0 Å². The predicted octanol–water partition coefficient (Wildman–Crippen LogP) is 3.52. The summed E-state index contributed by atoms with van der Waals surface area (Å²) >= 11 is 0. The van der Waals surface area contributed by atoms with E-state index in [-0.39, 0.29) is 0 Å². The van der Waals surface area contributed by atoms with Crippen molar-refractivity contribution in [3.8, 4) is 11.5 Å². The monoisotopic (exact) mass is 201 g/mol. The number of aryl methyl sites for hydroxylation is 3. The molecule has 0 bridgehead atoms. The molecule has 2 heteroatoms. The molecule has 0 fully saturated rings. The fourth-order valence-corrected chi connectivity index (χ4v) is 1.68. The third kappa shape index (κ3) is 1.80. The van der Waals surface area contributed by atoms with Gasteiger partial charge in [-0.2, -0.15) is 0 Å². The number of benzene rings is 1. The Bertz CT molecular complexity index is 471. The second kappa shape index (κ2) is 3.89. The topological polar surface area (TPSA) is 26.0 Å². The Morgan fingerprint density at radius 2 is 1.93 bits per heavy atom. The summed E-state index contributed by atoms with van der Waals surface area (Å²) in [6.07, 6.45) is 0.918. The summed E-state index contributed by atoms with van der Waals surface area (Å²) in [5, 5.41) is 0. The van der Waals surface area contributed by atoms with Crippen LogP contribution in [0.25, 0.3) is 11.5 Å². The Morgan fingerprint density at radius 1 is 1.20 bits per heavy atom. The van der Waals surface area contributed by atoms with Crippen LogP contribution >= 0.6 is 0 Å². The number of hydrogen-bond donors (Lipinski definition) is 0. The summed E-state index contributed by atoms with van der Waals surface area (Å²) in [7, 11) is 0. The molecule has 78 valence electrons. The first-order valence-electron chi connectivity index (χ1n) is 5.24. The lowest BCUT2D eigenvalue weighted by Crippen LogP contribution is -1.84. The van der Waals surface area contributed by atoms with Crippen LogP contribution in [-0.4, -0.2) is 4.98 Å². The van der Waals surface area contributed by atoms with E-state index in [0.29, 0.717) is 0 Å². The molecule has 0 atom stereocenters. The lowest BCUT2D eigenvalue weighted by molar-refractivity contribution is 0.539. The predicted molar refractivity (Wildman–Crippen MR) is 60.8 cm³/mol. The van der Waals surface area contributed by atoms with Crippen LogP contribution in [-0.2, 0) is 6.42 Å². The molecule has 1 heterocycles. The molecule has 2 rings (SSSR count). The SMILES string of the molecule is CCc1nc(-c2ccccc2C)oc1C. The highest BCUT2D eigenvalue weighted by Crippen LogP contribution is 2.24. The van der Waals surface area contributed by atoms with Crippen molar-refractivity contribution in [3.63, 3.8) is 0 Å². The van der Waals surface area contributed by atoms with Crippen LogP contribution in [0.5, 0.6) is 0 Å². The molecular formula is C13H15NO. The van der Waals surface area contributed by atoms with Gasteiger partial charge in [-0.15, -0.1) is 0 Å². The van der Waals surface area contributed by atoms with E-state index in [9.17, 15) is 0 Å². The third-order valence-corrected chi connectivity index (χ3v) is 2.60. The number of nitrogens with zero attached hydrogens (tertiary/aromatic N) is 1. The molecule has 0 spiro atoms. The minimum Gasteiger partial charge on any atom is -0.441 e. The molecule has 2 aromatic rings. The number of oxazole rings is 1. The average Bonchev–Trinajstić information content (AvgIpc) is 2.60. The summed E-state index contributed by atoms with van der Waals surface area (Å²) in [6, 6.07) is 8.14. The Hall–Kier alpha value is -1.57. The zero-order chi connectivity index (χ0) is 10.8. The standard InChI is InChI=1S/C13H15NO/c1-4-12-10(3)15-13(14-12)11-8-6-5-7-9(11)2/h5-8H,4H2,1-3H3. The maximum atomic E-state index is 5.66. The highest BCUT2D eigenvalue weighted by molar-refractivity contribution is 5.58. The Kier molecular flexibility index (Phi) is 2.58. The first kappa shape index (κ1) is 9.97. The Morgan fingerprint density at radius 3 is 2.53 bits per heavy atom. The van der Waals surface area contributed by atoms with Crippen molar-refractivity contribution in [2.75, 3.05) is 0 Å². The summed E-state index contributed by atoms with van der Waals surface area (Å²) in [5.74, 6) is 1.67. The average molecular weight is 201 g/mol. The Labute approximate surface area is 90.0 Å². The summed E-state index contributed by atoms with van der Waals surface area (Å²) in [6.45, 7) is 6.13. The molecule has 0 aliphatic rings. The van der Waals surface area contributed by atoms with Crippen LogP contribution in [0, 0.1) is 13.8 Å². The van der Waals surface area contributed by atoms with Gasteiger partial charge in [0.25, 0.3) is 0 Å². The first-order valence-corrected chi connectivity index (χ1v) is 5.24. The fourth-order valence-electron chi connectivity index (χ4n) is 1.68. The highest BCUT2D eigenvalue weighted by atomic mass is 16.4. The van der Waals surface area contributed by atoms with Gasteiger partial charge in [-0.25, -0.2) is 4.98 Å². The molecule has 1 aromatic carbocycles. The minimum atomic E-state index is 0.738. The molecule has 0 N–H and O–H groups in total. The normalized spacial score (nSPS) is 10.6. The zero-order valence-electron chi connectivity index (χ0n) is 9.37. The maximum absolute atomic E-state index is 5.66. The van der Waals surface area contributed by atoms with Crippen molar-refractivity contribution in [1.82, 2.24) is 4.98 Å². The van der Waals surface area contributed by atoms with Gasteiger partial charge in [0.05, 0.1) is 5.69 Å². The van der Waals surface area contributed by atoms with E-state index in [2.05, 4.69) is 24.9 Å². The Balaban J connectivity index is 2.50. The van der Waals surface area contributed by atoms with Crippen molar-refractivity contribution < 1.29 is 4.42 Å². The molecule has 0 amide bonds. The van der Waals surface area contributed by atoms with E-state index in [4.69, 9.17) is 4.42 Å². The van der Waals surface area contributed by atoms with Crippen molar-refractivity contribution in [1.29, 1.82) is 0 Å². The number of aromatic nitrogens is 1. The van der Waals surface area contributed by atoms with Crippen LogP contribution in [0.1, 0.15) is 23.9 Å². The van der Waals surface area contributed by atoms with Crippen LogP contribution in [0.4, 0.5) is 0 Å². The first-order chi connectivity index (χ1) is 7.22. The van der Waals surface area contributed by atoms with E-state index in [1.165, 1.54) is 5.56 Å². The van der Waals surface area contributed by atoms with Crippen molar-refractivity contribution in [3.05, 3.63) is 41.3 Å². The van der Waals surface area contributed by atoms with Gasteiger partial charge < -0.3 is 4.42 Å². The molecule has 0 saturated carbocycles. The van der Waals surface area contributed by atoms with Crippen LogP contribution in [0.3, 0.4) is 0 Å². The van der Waals surface area contributed by atoms with Gasteiger partial charge in [-0.05, 0) is 31.9 Å². The van der Waals surface area contributed by atoms with E-state index in [0.717, 1.165) is 29.3 Å². The molecule has 0 aliphatic carbocycles. The van der Waals surface area contributed by atoms with Gasteiger partial charge >= 0.3 is 0 Å². The van der Waals surface area contributed by atoms with Gasteiger partial charge in [0.2, 0.25) is 5.89 Å². The van der Waals surface area contributed by atoms with Crippen molar-refractivity contribution in [2.24, 2.45) is 0 Å². The van der Waals surface area contributed by atoms with E-state index in [1.807, 2.05) is 25.1 Å².